The second-order valence-electron chi connectivity index (χ2n) is 8.58. The summed E-state index contributed by atoms with van der Waals surface area (Å²) in [5.41, 5.74) is 4.41. The number of nitrogens with zero attached hydrogens (tertiary/aromatic N) is 1. The summed E-state index contributed by atoms with van der Waals surface area (Å²) in [5.74, 6) is -0.673. The van der Waals surface area contributed by atoms with Crippen LogP contribution in [-0.4, -0.2) is 29.1 Å². The highest BCUT2D eigenvalue weighted by Crippen LogP contribution is 2.33. The minimum absolute atomic E-state index is 0.247. The van der Waals surface area contributed by atoms with E-state index in [2.05, 4.69) is 31.2 Å². The molecule has 5 rings (SSSR count). The van der Waals surface area contributed by atoms with Gasteiger partial charge in [0.2, 0.25) is 0 Å². The summed E-state index contributed by atoms with van der Waals surface area (Å²) in [6.45, 7) is 3.73. The first-order chi connectivity index (χ1) is 15.5. The van der Waals surface area contributed by atoms with Crippen LogP contribution in [0.1, 0.15) is 29.5 Å². The van der Waals surface area contributed by atoms with Gasteiger partial charge in [0, 0.05) is 30.9 Å². The fourth-order valence-corrected chi connectivity index (χ4v) is 4.37. The Balaban J connectivity index is 1.36. The lowest BCUT2D eigenvalue weighted by Gasteiger charge is -2.36. The molecule has 0 spiro atoms. The zero-order chi connectivity index (χ0) is 22.2. The van der Waals surface area contributed by atoms with Crippen LogP contribution >= 0.6 is 0 Å². The lowest BCUT2D eigenvalue weighted by atomic mass is 9.92. The Labute approximate surface area is 185 Å². The standard InChI is InChI=1S/C27H24FNO3/c1-17(19-5-3-2-4-6-19)20-8-10-25-21(12-20)13-26(32-25)23-9-7-18(11-24(23)28)14-29-15-22(16-29)27(30)31/h2-13,17,22H,14-16H2,1H3,(H,30,31). The van der Waals surface area contributed by atoms with E-state index in [0.29, 0.717) is 31.0 Å². The van der Waals surface area contributed by atoms with Gasteiger partial charge in [0.05, 0.1) is 11.5 Å². The third-order valence-corrected chi connectivity index (χ3v) is 6.35. The SMILES string of the molecule is CC(c1ccccc1)c1ccc2oc(-c3ccc(CN4CC(C(=O)O)C4)cc3F)cc2c1. The van der Waals surface area contributed by atoms with Crippen molar-refractivity contribution in [3.63, 3.8) is 0 Å². The van der Waals surface area contributed by atoms with Crippen LogP contribution in [-0.2, 0) is 11.3 Å². The molecule has 1 aromatic heterocycles. The average Bonchev–Trinajstić information content (AvgIpc) is 3.18. The monoisotopic (exact) mass is 429 g/mol. The molecule has 1 unspecified atom stereocenters. The first kappa shape index (κ1) is 20.5. The molecular formula is C27H24FNO3. The maximum atomic E-state index is 14.9. The smallest absolute Gasteiger partial charge is 0.309 e. The number of carboxylic acids is 1. The number of likely N-dealkylation sites (tertiary alicyclic amines) is 1. The number of furan rings is 1. The van der Waals surface area contributed by atoms with Gasteiger partial charge in [-0.05, 0) is 47.0 Å². The van der Waals surface area contributed by atoms with Crippen molar-refractivity contribution in [2.24, 2.45) is 5.92 Å². The topological polar surface area (TPSA) is 53.7 Å². The highest BCUT2D eigenvalue weighted by molar-refractivity contribution is 5.83. The van der Waals surface area contributed by atoms with Crippen molar-refractivity contribution in [2.45, 2.75) is 19.4 Å². The number of benzene rings is 3. The van der Waals surface area contributed by atoms with Crippen LogP contribution in [0.25, 0.3) is 22.3 Å². The molecule has 5 heteroatoms. The van der Waals surface area contributed by atoms with Crippen molar-refractivity contribution < 1.29 is 18.7 Å². The van der Waals surface area contributed by atoms with Gasteiger partial charge in [-0.3, -0.25) is 9.69 Å². The van der Waals surface area contributed by atoms with Crippen molar-refractivity contribution in [1.29, 1.82) is 0 Å². The number of hydrogen-bond acceptors (Lipinski definition) is 3. The molecule has 4 aromatic rings. The zero-order valence-corrected chi connectivity index (χ0v) is 17.8. The van der Waals surface area contributed by atoms with Gasteiger partial charge in [0.25, 0.3) is 0 Å². The first-order valence-electron chi connectivity index (χ1n) is 10.8. The van der Waals surface area contributed by atoms with Crippen molar-refractivity contribution in [1.82, 2.24) is 4.90 Å². The Morgan fingerprint density at radius 1 is 1.06 bits per heavy atom. The summed E-state index contributed by atoms with van der Waals surface area (Å²) < 4.78 is 20.9. The Hall–Kier alpha value is -3.44. The Bertz CT molecular complexity index is 1270. The second-order valence-corrected chi connectivity index (χ2v) is 8.58. The summed E-state index contributed by atoms with van der Waals surface area (Å²) in [7, 11) is 0. The van der Waals surface area contributed by atoms with Crippen molar-refractivity contribution in [3.05, 3.63) is 95.3 Å². The fraction of sp³-hybridized carbons (Fsp3) is 0.222. The average molecular weight is 429 g/mol. The van der Waals surface area contributed by atoms with Crippen LogP contribution < -0.4 is 0 Å². The summed E-state index contributed by atoms with van der Waals surface area (Å²) in [6, 6.07) is 23.5. The predicted molar refractivity (Wildman–Crippen MR) is 122 cm³/mol. The van der Waals surface area contributed by atoms with E-state index >= 15 is 0 Å². The van der Waals surface area contributed by atoms with Gasteiger partial charge in [-0.1, -0.05) is 49.4 Å². The number of fused-ring (bicyclic) bond motifs is 1. The zero-order valence-electron chi connectivity index (χ0n) is 17.8. The summed E-state index contributed by atoms with van der Waals surface area (Å²) in [6.07, 6.45) is 0. The number of aliphatic carboxylic acids is 1. The molecule has 0 amide bonds. The molecule has 0 saturated carbocycles. The van der Waals surface area contributed by atoms with Crippen LogP contribution in [0.3, 0.4) is 0 Å². The summed E-state index contributed by atoms with van der Waals surface area (Å²) >= 11 is 0. The first-order valence-corrected chi connectivity index (χ1v) is 10.8. The van der Waals surface area contributed by atoms with Gasteiger partial charge >= 0.3 is 5.97 Å². The Morgan fingerprint density at radius 2 is 1.84 bits per heavy atom. The van der Waals surface area contributed by atoms with E-state index in [1.54, 1.807) is 6.07 Å². The quantitative estimate of drug-likeness (QED) is 0.414. The molecule has 2 heterocycles. The normalized spacial score (nSPS) is 15.6. The van der Waals surface area contributed by atoms with Gasteiger partial charge < -0.3 is 9.52 Å². The molecule has 0 radical (unpaired) electrons. The molecule has 4 nitrogen and oxygen atoms in total. The predicted octanol–water partition coefficient (Wildman–Crippen LogP) is 5.91. The molecule has 1 saturated heterocycles. The van der Waals surface area contributed by atoms with Crippen LogP contribution in [0.2, 0.25) is 0 Å². The largest absolute Gasteiger partial charge is 0.481 e. The molecule has 3 aromatic carbocycles. The van der Waals surface area contributed by atoms with E-state index in [4.69, 9.17) is 9.52 Å². The van der Waals surface area contributed by atoms with Gasteiger partial charge in [-0.15, -0.1) is 0 Å². The minimum atomic E-state index is -0.769. The van der Waals surface area contributed by atoms with Gasteiger partial charge in [0.15, 0.2) is 0 Å². The Kier molecular flexibility index (Phi) is 5.27. The van der Waals surface area contributed by atoms with Crippen molar-refractivity contribution >= 4 is 16.9 Å². The number of carboxylic acid groups (broad SMARTS) is 1. The lowest BCUT2D eigenvalue weighted by molar-refractivity contribution is -0.147. The van der Waals surface area contributed by atoms with Crippen LogP contribution in [0, 0.1) is 11.7 Å². The second kappa shape index (κ2) is 8.24. The molecular weight excluding hydrogens is 405 g/mol. The summed E-state index contributed by atoms with van der Waals surface area (Å²) in [4.78, 5) is 12.9. The third-order valence-electron chi connectivity index (χ3n) is 6.35. The molecule has 162 valence electrons. The van der Waals surface area contributed by atoms with Gasteiger partial charge in [0.1, 0.15) is 17.2 Å². The molecule has 1 aliphatic heterocycles. The Morgan fingerprint density at radius 3 is 2.56 bits per heavy atom. The molecule has 32 heavy (non-hydrogen) atoms. The third kappa shape index (κ3) is 3.92. The highest BCUT2D eigenvalue weighted by atomic mass is 19.1. The summed E-state index contributed by atoms with van der Waals surface area (Å²) in [5, 5.41) is 9.94. The van der Waals surface area contributed by atoms with E-state index in [0.717, 1.165) is 16.5 Å². The number of halogens is 1. The number of rotatable bonds is 6. The van der Waals surface area contributed by atoms with Gasteiger partial charge in [-0.25, -0.2) is 4.39 Å². The van der Waals surface area contributed by atoms with E-state index < -0.39 is 5.97 Å². The van der Waals surface area contributed by atoms with E-state index in [1.165, 1.54) is 17.2 Å². The molecule has 0 aliphatic carbocycles. The molecule has 1 N–H and O–H groups in total. The highest BCUT2D eigenvalue weighted by Gasteiger charge is 2.32. The molecule has 0 bridgehead atoms. The maximum Gasteiger partial charge on any atom is 0.309 e. The van der Waals surface area contributed by atoms with E-state index in [1.807, 2.05) is 41.3 Å². The maximum absolute atomic E-state index is 14.9. The van der Waals surface area contributed by atoms with Gasteiger partial charge in [-0.2, -0.15) is 0 Å². The lowest BCUT2D eigenvalue weighted by Crippen LogP contribution is -2.49. The molecule has 1 fully saturated rings. The molecule has 1 aliphatic rings. The van der Waals surface area contributed by atoms with Crippen LogP contribution in [0.4, 0.5) is 4.39 Å². The number of hydrogen-bond donors (Lipinski definition) is 1. The fourth-order valence-electron chi connectivity index (χ4n) is 4.37. The van der Waals surface area contributed by atoms with Crippen molar-refractivity contribution in [2.75, 3.05) is 13.1 Å². The van der Waals surface area contributed by atoms with Crippen LogP contribution in [0.5, 0.6) is 0 Å². The van der Waals surface area contributed by atoms with Crippen molar-refractivity contribution in [3.8, 4) is 11.3 Å². The van der Waals surface area contributed by atoms with Crippen LogP contribution in [0.15, 0.2) is 77.2 Å². The minimum Gasteiger partial charge on any atom is -0.481 e. The number of carbonyl (C=O) groups is 1. The van der Waals surface area contributed by atoms with E-state index in [-0.39, 0.29) is 17.7 Å². The van der Waals surface area contributed by atoms with E-state index in [9.17, 15) is 9.18 Å². The molecule has 1 atom stereocenters.